The summed E-state index contributed by atoms with van der Waals surface area (Å²) >= 11 is 12.2. The van der Waals surface area contributed by atoms with Crippen LogP contribution in [0.1, 0.15) is 23.6 Å². The Morgan fingerprint density at radius 3 is 2.36 bits per heavy atom. The Kier molecular flexibility index (Phi) is 8.37. The Bertz CT molecular complexity index is 1190. The SMILES string of the molecule is CCOc1cc(/C=C(\C#N)C(=O)Nc2c(Cl)cccc2Cl)ccc1OCc1ccc(C)cc1. The summed E-state index contributed by atoms with van der Waals surface area (Å²) in [4.78, 5) is 12.6. The molecule has 7 heteroatoms. The summed E-state index contributed by atoms with van der Waals surface area (Å²) in [6.07, 6.45) is 1.46. The molecule has 0 aliphatic heterocycles. The number of rotatable bonds is 8. The summed E-state index contributed by atoms with van der Waals surface area (Å²) < 4.78 is 11.7. The summed E-state index contributed by atoms with van der Waals surface area (Å²) in [5.74, 6) is 0.468. The fraction of sp³-hybridized carbons (Fsp3) is 0.154. The molecule has 0 aromatic heterocycles. The van der Waals surface area contributed by atoms with Gasteiger partial charge in [0.2, 0.25) is 0 Å². The molecule has 1 amide bonds. The van der Waals surface area contributed by atoms with Gasteiger partial charge in [-0.25, -0.2) is 0 Å². The lowest BCUT2D eigenvalue weighted by atomic mass is 10.1. The number of para-hydroxylation sites is 1. The number of hydrogen-bond acceptors (Lipinski definition) is 4. The van der Waals surface area contributed by atoms with Crippen molar-refractivity contribution in [1.82, 2.24) is 0 Å². The molecule has 0 atom stereocenters. The molecule has 0 saturated carbocycles. The average Bonchev–Trinajstić information content (AvgIpc) is 2.80. The molecule has 3 aromatic carbocycles. The number of carbonyl (C=O) groups excluding carboxylic acids is 1. The number of halogens is 2. The van der Waals surface area contributed by atoms with E-state index in [1.807, 2.05) is 44.2 Å². The Balaban J connectivity index is 1.80. The normalized spacial score (nSPS) is 10.9. The van der Waals surface area contributed by atoms with Crippen molar-refractivity contribution in [2.75, 3.05) is 11.9 Å². The van der Waals surface area contributed by atoms with Gasteiger partial charge in [0.05, 0.1) is 22.3 Å². The van der Waals surface area contributed by atoms with E-state index in [0.29, 0.717) is 30.3 Å². The molecule has 0 unspecified atom stereocenters. The Morgan fingerprint density at radius 1 is 1.03 bits per heavy atom. The maximum absolute atomic E-state index is 12.6. The van der Waals surface area contributed by atoms with Crippen molar-refractivity contribution in [3.05, 3.63) is 93.0 Å². The average molecular weight is 481 g/mol. The molecule has 0 spiro atoms. The highest BCUT2D eigenvalue weighted by molar-refractivity contribution is 6.40. The van der Waals surface area contributed by atoms with Gasteiger partial charge >= 0.3 is 0 Å². The first-order valence-electron chi connectivity index (χ1n) is 10.2. The number of nitrogens with zero attached hydrogens (tertiary/aromatic N) is 1. The van der Waals surface area contributed by atoms with Crippen molar-refractivity contribution >= 4 is 40.9 Å². The van der Waals surface area contributed by atoms with Crippen LogP contribution in [0.3, 0.4) is 0 Å². The van der Waals surface area contributed by atoms with Crippen LogP contribution in [-0.4, -0.2) is 12.5 Å². The predicted molar refractivity (Wildman–Crippen MR) is 132 cm³/mol. The van der Waals surface area contributed by atoms with Gasteiger partial charge in [-0.3, -0.25) is 4.79 Å². The number of nitrogens with one attached hydrogen (secondary N) is 1. The third-order valence-electron chi connectivity index (χ3n) is 4.66. The quantitative estimate of drug-likeness (QED) is 0.283. The van der Waals surface area contributed by atoms with E-state index in [2.05, 4.69) is 5.32 Å². The zero-order valence-electron chi connectivity index (χ0n) is 18.2. The van der Waals surface area contributed by atoms with Crippen molar-refractivity contribution in [3.8, 4) is 17.6 Å². The fourth-order valence-electron chi connectivity index (χ4n) is 2.96. The summed E-state index contributed by atoms with van der Waals surface area (Å²) in [6, 6.07) is 20.1. The third-order valence-corrected chi connectivity index (χ3v) is 5.29. The van der Waals surface area contributed by atoms with Crippen molar-refractivity contribution in [2.24, 2.45) is 0 Å². The van der Waals surface area contributed by atoms with Crippen LogP contribution < -0.4 is 14.8 Å². The molecule has 1 N–H and O–H groups in total. The van der Waals surface area contributed by atoms with Crippen LogP contribution in [-0.2, 0) is 11.4 Å². The third kappa shape index (κ3) is 6.52. The number of amides is 1. The first-order chi connectivity index (χ1) is 15.9. The van der Waals surface area contributed by atoms with Crippen molar-refractivity contribution < 1.29 is 14.3 Å². The molecule has 168 valence electrons. The number of anilines is 1. The fourth-order valence-corrected chi connectivity index (χ4v) is 3.45. The van der Waals surface area contributed by atoms with Crippen molar-refractivity contribution in [3.63, 3.8) is 0 Å². The van der Waals surface area contributed by atoms with E-state index in [-0.39, 0.29) is 21.3 Å². The summed E-state index contributed by atoms with van der Waals surface area (Å²) in [7, 11) is 0. The number of carbonyl (C=O) groups is 1. The van der Waals surface area contributed by atoms with E-state index in [1.54, 1.807) is 36.4 Å². The molecule has 0 radical (unpaired) electrons. The number of hydrogen-bond donors (Lipinski definition) is 1. The van der Waals surface area contributed by atoms with Crippen LogP contribution >= 0.6 is 23.2 Å². The zero-order valence-corrected chi connectivity index (χ0v) is 19.7. The standard InChI is InChI=1S/C26H22Cl2N2O3/c1-3-32-24-14-19(11-12-23(24)33-16-18-9-7-17(2)8-10-18)13-20(15-29)26(31)30-25-21(27)5-4-6-22(25)28/h4-14H,3,16H2,1-2H3,(H,30,31)/b20-13+. The molecule has 0 fully saturated rings. The molecule has 33 heavy (non-hydrogen) atoms. The van der Waals surface area contributed by atoms with Gasteiger partial charge in [0.25, 0.3) is 5.91 Å². The summed E-state index contributed by atoms with van der Waals surface area (Å²) in [6.45, 7) is 4.72. The van der Waals surface area contributed by atoms with Gasteiger partial charge in [-0.2, -0.15) is 5.26 Å². The highest BCUT2D eigenvalue weighted by Crippen LogP contribution is 2.32. The molecule has 0 saturated heterocycles. The monoisotopic (exact) mass is 480 g/mol. The van der Waals surface area contributed by atoms with E-state index >= 15 is 0 Å². The van der Waals surface area contributed by atoms with Crippen LogP contribution in [0.15, 0.2) is 66.2 Å². The minimum Gasteiger partial charge on any atom is -0.490 e. The lowest BCUT2D eigenvalue weighted by Crippen LogP contribution is -2.14. The van der Waals surface area contributed by atoms with Crippen LogP contribution in [0, 0.1) is 18.3 Å². The zero-order chi connectivity index (χ0) is 23.8. The highest BCUT2D eigenvalue weighted by Gasteiger charge is 2.15. The van der Waals surface area contributed by atoms with Crippen molar-refractivity contribution in [2.45, 2.75) is 20.5 Å². The maximum atomic E-state index is 12.6. The lowest BCUT2D eigenvalue weighted by molar-refractivity contribution is -0.112. The van der Waals surface area contributed by atoms with Gasteiger partial charge in [0.1, 0.15) is 18.2 Å². The predicted octanol–water partition coefficient (Wildman–Crippen LogP) is 6.83. The van der Waals surface area contributed by atoms with Gasteiger partial charge in [-0.1, -0.05) is 65.2 Å². The maximum Gasteiger partial charge on any atom is 0.266 e. The summed E-state index contributed by atoms with van der Waals surface area (Å²) in [5, 5.41) is 12.7. The van der Waals surface area contributed by atoms with Gasteiger partial charge in [0, 0.05) is 0 Å². The molecule has 0 heterocycles. The van der Waals surface area contributed by atoms with E-state index < -0.39 is 5.91 Å². The number of nitriles is 1. The molecule has 0 bridgehead atoms. The second-order valence-electron chi connectivity index (χ2n) is 7.13. The largest absolute Gasteiger partial charge is 0.490 e. The second-order valence-corrected chi connectivity index (χ2v) is 7.95. The number of benzene rings is 3. The second kappa shape index (κ2) is 11.4. The van der Waals surface area contributed by atoms with Gasteiger partial charge in [0.15, 0.2) is 11.5 Å². The number of aryl methyl sites for hydroxylation is 1. The van der Waals surface area contributed by atoms with Gasteiger partial charge in [-0.15, -0.1) is 0 Å². The van der Waals surface area contributed by atoms with Crippen LogP contribution in [0.5, 0.6) is 11.5 Å². The van der Waals surface area contributed by atoms with Crippen LogP contribution in [0.2, 0.25) is 10.0 Å². The Morgan fingerprint density at radius 2 is 1.73 bits per heavy atom. The smallest absolute Gasteiger partial charge is 0.266 e. The minimum atomic E-state index is -0.620. The van der Waals surface area contributed by atoms with Crippen molar-refractivity contribution in [1.29, 1.82) is 5.26 Å². The first kappa shape index (κ1) is 24.2. The molecular weight excluding hydrogens is 459 g/mol. The number of ether oxygens (including phenoxy) is 2. The first-order valence-corrected chi connectivity index (χ1v) is 11.0. The Labute approximate surface area is 203 Å². The molecule has 3 aromatic rings. The van der Waals surface area contributed by atoms with Crippen LogP contribution in [0.25, 0.3) is 6.08 Å². The molecular formula is C26H22Cl2N2O3. The van der Waals surface area contributed by atoms with E-state index in [0.717, 1.165) is 5.56 Å². The minimum absolute atomic E-state index is 0.109. The summed E-state index contributed by atoms with van der Waals surface area (Å²) in [5.41, 5.74) is 2.97. The lowest BCUT2D eigenvalue weighted by Gasteiger charge is -2.13. The van der Waals surface area contributed by atoms with E-state index in [9.17, 15) is 10.1 Å². The molecule has 3 rings (SSSR count). The van der Waals surface area contributed by atoms with Crippen LogP contribution in [0.4, 0.5) is 5.69 Å². The Hall–Kier alpha value is -3.46. The topological polar surface area (TPSA) is 71.3 Å². The molecule has 0 aliphatic carbocycles. The van der Waals surface area contributed by atoms with E-state index in [4.69, 9.17) is 32.7 Å². The van der Waals surface area contributed by atoms with Gasteiger partial charge < -0.3 is 14.8 Å². The highest BCUT2D eigenvalue weighted by atomic mass is 35.5. The molecule has 0 aliphatic rings. The van der Waals surface area contributed by atoms with Gasteiger partial charge in [-0.05, 0) is 55.3 Å². The molecule has 5 nitrogen and oxygen atoms in total. The van der Waals surface area contributed by atoms with E-state index in [1.165, 1.54) is 11.6 Å².